The van der Waals surface area contributed by atoms with Crippen LogP contribution in [0.15, 0.2) is 36.5 Å². The summed E-state index contributed by atoms with van der Waals surface area (Å²) < 4.78 is 0. The number of carbonyl (C=O) groups is 3. The van der Waals surface area contributed by atoms with Crippen LogP contribution in [0.1, 0.15) is 36.5 Å². The van der Waals surface area contributed by atoms with E-state index in [2.05, 4.69) is 4.98 Å². The number of hydrogen-bond acceptors (Lipinski definition) is 4. The highest BCUT2D eigenvalue weighted by atomic mass is 16.4. The second-order valence-electron chi connectivity index (χ2n) is 6.83. The second kappa shape index (κ2) is 8.16. The highest BCUT2D eigenvalue weighted by Crippen LogP contribution is 2.20. The number of aliphatic carboxylic acids is 1. The van der Waals surface area contributed by atoms with Crippen LogP contribution in [-0.4, -0.2) is 63.4 Å². The van der Waals surface area contributed by atoms with Crippen molar-refractivity contribution < 1.29 is 19.5 Å². The van der Waals surface area contributed by atoms with Crippen molar-refractivity contribution in [1.82, 2.24) is 14.8 Å². The first kappa shape index (κ1) is 18.8. The maximum absolute atomic E-state index is 12.9. The van der Waals surface area contributed by atoms with Gasteiger partial charge in [0.25, 0.3) is 5.91 Å². The summed E-state index contributed by atoms with van der Waals surface area (Å²) in [6.07, 6.45) is 3.72. The summed E-state index contributed by atoms with van der Waals surface area (Å²) in [6.45, 7) is 2.18. The van der Waals surface area contributed by atoms with Gasteiger partial charge in [0.05, 0.1) is 5.52 Å². The largest absolute Gasteiger partial charge is 0.480 e. The summed E-state index contributed by atoms with van der Waals surface area (Å²) in [4.78, 5) is 43.2. The third-order valence-electron chi connectivity index (χ3n) is 4.99. The van der Waals surface area contributed by atoms with Crippen molar-refractivity contribution in [1.29, 1.82) is 0 Å². The summed E-state index contributed by atoms with van der Waals surface area (Å²) in [5.41, 5.74) is 1.46. The van der Waals surface area contributed by atoms with Crippen molar-refractivity contribution in [2.75, 3.05) is 19.6 Å². The van der Waals surface area contributed by atoms with Crippen molar-refractivity contribution in [3.8, 4) is 0 Å². The zero-order chi connectivity index (χ0) is 19.4. The molecule has 1 N–H and O–H groups in total. The molecule has 0 bridgehead atoms. The van der Waals surface area contributed by atoms with Gasteiger partial charge in [-0.15, -0.1) is 0 Å². The molecule has 1 saturated heterocycles. The van der Waals surface area contributed by atoms with E-state index in [0.29, 0.717) is 31.5 Å². The maximum atomic E-state index is 12.9. The minimum atomic E-state index is -1.02. The monoisotopic (exact) mass is 369 g/mol. The summed E-state index contributed by atoms with van der Waals surface area (Å²) >= 11 is 0. The minimum Gasteiger partial charge on any atom is -0.480 e. The van der Waals surface area contributed by atoms with Crippen LogP contribution in [0, 0.1) is 0 Å². The van der Waals surface area contributed by atoms with Gasteiger partial charge in [0.15, 0.2) is 0 Å². The van der Waals surface area contributed by atoms with Crippen molar-refractivity contribution in [2.45, 2.75) is 32.2 Å². The normalized spacial score (nSPS) is 17.4. The van der Waals surface area contributed by atoms with Crippen LogP contribution < -0.4 is 0 Å². The van der Waals surface area contributed by atoms with Gasteiger partial charge in [-0.1, -0.05) is 6.07 Å². The van der Waals surface area contributed by atoms with Crippen molar-refractivity contribution in [2.24, 2.45) is 0 Å². The van der Waals surface area contributed by atoms with Crippen LogP contribution in [0.4, 0.5) is 0 Å². The van der Waals surface area contributed by atoms with E-state index in [1.165, 1.54) is 11.8 Å². The van der Waals surface area contributed by atoms with Crippen LogP contribution in [-0.2, 0) is 9.59 Å². The van der Waals surface area contributed by atoms with Gasteiger partial charge in [-0.25, -0.2) is 0 Å². The number of hydrogen-bond donors (Lipinski definition) is 1. The van der Waals surface area contributed by atoms with Gasteiger partial charge in [-0.05, 0) is 43.5 Å². The van der Waals surface area contributed by atoms with Gasteiger partial charge in [-0.3, -0.25) is 19.4 Å². The molecule has 0 aliphatic carbocycles. The van der Waals surface area contributed by atoms with Gasteiger partial charge in [0.2, 0.25) is 5.91 Å². The third-order valence-corrected chi connectivity index (χ3v) is 4.99. The molecule has 2 amide bonds. The molecule has 1 atom stereocenters. The fraction of sp³-hybridized carbons (Fsp3) is 0.400. The number of aromatic nitrogens is 1. The van der Waals surface area contributed by atoms with Crippen LogP contribution in [0.25, 0.3) is 10.9 Å². The van der Waals surface area contributed by atoms with Gasteiger partial charge < -0.3 is 14.9 Å². The molecule has 1 aromatic heterocycles. The number of carbonyl (C=O) groups excluding carboxylic acids is 2. The quantitative estimate of drug-likeness (QED) is 0.892. The lowest BCUT2D eigenvalue weighted by atomic mass is 10.1. The number of carboxylic acid groups (broad SMARTS) is 1. The van der Waals surface area contributed by atoms with Gasteiger partial charge in [-0.2, -0.15) is 0 Å². The molecule has 1 aliphatic heterocycles. The highest BCUT2D eigenvalue weighted by molar-refractivity contribution is 5.98. The topological polar surface area (TPSA) is 90.8 Å². The molecule has 27 heavy (non-hydrogen) atoms. The molecular formula is C20H23N3O4. The molecule has 1 unspecified atom stereocenters. The van der Waals surface area contributed by atoms with Crippen LogP contribution in [0.5, 0.6) is 0 Å². The molecule has 142 valence electrons. The first-order chi connectivity index (χ1) is 13.0. The van der Waals surface area contributed by atoms with Gasteiger partial charge >= 0.3 is 5.97 Å². The zero-order valence-electron chi connectivity index (χ0n) is 15.3. The molecule has 0 radical (unpaired) electrons. The number of amides is 2. The number of likely N-dealkylation sites (tertiary alicyclic amines) is 1. The van der Waals surface area contributed by atoms with Crippen LogP contribution in [0.2, 0.25) is 0 Å². The van der Waals surface area contributed by atoms with E-state index in [1.54, 1.807) is 17.2 Å². The van der Waals surface area contributed by atoms with E-state index in [0.717, 1.165) is 17.3 Å². The van der Waals surface area contributed by atoms with Crippen molar-refractivity contribution in [3.63, 3.8) is 0 Å². The number of rotatable bonds is 4. The van der Waals surface area contributed by atoms with E-state index in [9.17, 15) is 14.4 Å². The average Bonchev–Trinajstić information content (AvgIpc) is 2.91. The van der Waals surface area contributed by atoms with E-state index in [1.807, 2.05) is 24.3 Å². The van der Waals surface area contributed by atoms with Crippen molar-refractivity contribution in [3.05, 3.63) is 42.1 Å². The Bertz CT molecular complexity index is 867. The van der Waals surface area contributed by atoms with E-state index in [-0.39, 0.29) is 24.4 Å². The summed E-state index contributed by atoms with van der Waals surface area (Å²) in [6, 6.07) is 9.08. The first-order valence-corrected chi connectivity index (χ1v) is 9.09. The van der Waals surface area contributed by atoms with Crippen molar-refractivity contribution >= 4 is 28.7 Å². The SMILES string of the molecule is CC(=O)N(CC(=O)O)C1CCCN(C(=O)c2ccc3ncccc3c2)CC1. The number of pyridine rings is 1. The Labute approximate surface area is 157 Å². The van der Waals surface area contributed by atoms with Gasteiger partial charge in [0, 0.05) is 43.2 Å². The van der Waals surface area contributed by atoms with E-state index >= 15 is 0 Å². The fourth-order valence-corrected chi connectivity index (χ4v) is 3.63. The Hall–Kier alpha value is -2.96. The van der Waals surface area contributed by atoms with Crippen LogP contribution in [0.3, 0.4) is 0 Å². The Morgan fingerprint density at radius 2 is 2.04 bits per heavy atom. The fourth-order valence-electron chi connectivity index (χ4n) is 3.63. The molecule has 7 nitrogen and oxygen atoms in total. The molecular weight excluding hydrogens is 346 g/mol. The maximum Gasteiger partial charge on any atom is 0.323 e. The molecule has 0 saturated carbocycles. The number of fused-ring (bicyclic) bond motifs is 1. The molecule has 3 rings (SSSR count). The predicted octanol–water partition coefficient (Wildman–Crippen LogP) is 2.16. The molecule has 1 aromatic carbocycles. The van der Waals surface area contributed by atoms with E-state index < -0.39 is 5.97 Å². The summed E-state index contributed by atoms with van der Waals surface area (Å²) in [7, 11) is 0. The Morgan fingerprint density at radius 1 is 1.22 bits per heavy atom. The zero-order valence-corrected chi connectivity index (χ0v) is 15.3. The summed E-state index contributed by atoms with van der Waals surface area (Å²) in [5, 5.41) is 9.96. The number of carboxylic acids is 1. The lowest BCUT2D eigenvalue weighted by molar-refractivity contribution is -0.145. The molecule has 2 aromatic rings. The Kier molecular flexibility index (Phi) is 5.69. The molecule has 7 heteroatoms. The lowest BCUT2D eigenvalue weighted by Gasteiger charge is -2.28. The number of benzene rings is 1. The highest BCUT2D eigenvalue weighted by Gasteiger charge is 2.28. The molecule has 2 heterocycles. The first-order valence-electron chi connectivity index (χ1n) is 9.09. The van der Waals surface area contributed by atoms with Gasteiger partial charge in [0.1, 0.15) is 6.54 Å². The summed E-state index contributed by atoms with van der Waals surface area (Å²) in [5.74, 6) is -1.31. The average molecular weight is 369 g/mol. The molecule has 1 fully saturated rings. The lowest BCUT2D eigenvalue weighted by Crippen LogP contribution is -2.43. The Morgan fingerprint density at radius 3 is 2.78 bits per heavy atom. The number of nitrogens with zero attached hydrogens (tertiary/aromatic N) is 3. The second-order valence-corrected chi connectivity index (χ2v) is 6.83. The molecule has 1 aliphatic rings. The van der Waals surface area contributed by atoms with E-state index in [4.69, 9.17) is 5.11 Å². The molecule has 0 spiro atoms. The minimum absolute atomic E-state index is 0.0472. The van der Waals surface area contributed by atoms with Crippen LogP contribution >= 0.6 is 0 Å². The Balaban J connectivity index is 1.71. The smallest absolute Gasteiger partial charge is 0.323 e. The predicted molar refractivity (Wildman–Crippen MR) is 100 cm³/mol. The standard InChI is InChI=1S/C20H23N3O4/c1-14(24)23(13-19(25)26)17-5-3-10-22(11-8-17)20(27)16-6-7-18-15(12-16)4-2-9-21-18/h2,4,6-7,9,12,17H,3,5,8,10-11,13H2,1H3,(H,25,26). The third kappa shape index (κ3) is 4.42.